The van der Waals surface area contributed by atoms with E-state index < -0.39 is 0 Å². The highest BCUT2D eigenvalue weighted by Crippen LogP contribution is 2.19. The second-order valence-corrected chi connectivity index (χ2v) is 6.85. The van der Waals surface area contributed by atoms with Gasteiger partial charge in [0.1, 0.15) is 29.6 Å². The van der Waals surface area contributed by atoms with E-state index in [1.165, 1.54) is 30.5 Å². The fourth-order valence-corrected chi connectivity index (χ4v) is 2.93. The minimum Gasteiger partial charge on any atom is -0.471 e. The molecule has 2 aromatic carbocycles. The highest BCUT2D eigenvalue weighted by Gasteiger charge is 2.19. The molecule has 158 valence electrons. The quantitative estimate of drug-likeness (QED) is 0.459. The van der Waals surface area contributed by atoms with Gasteiger partial charge in [0.05, 0.1) is 19.4 Å². The number of benzene rings is 2. The zero-order valence-corrected chi connectivity index (χ0v) is 16.4. The Kier molecular flexibility index (Phi) is 6.07. The Morgan fingerprint density at radius 3 is 2.32 bits per heavy atom. The van der Waals surface area contributed by atoms with Gasteiger partial charge in [0, 0.05) is 6.20 Å². The van der Waals surface area contributed by atoms with E-state index in [1.807, 2.05) is 0 Å². The van der Waals surface area contributed by atoms with Crippen LogP contribution in [0.3, 0.4) is 0 Å². The van der Waals surface area contributed by atoms with Gasteiger partial charge in [0.25, 0.3) is 5.91 Å². The van der Waals surface area contributed by atoms with Crippen LogP contribution in [-0.2, 0) is 19.7 Å². The molecule has 4 aromatic rings. The summed E-state index contributed by atoms with van der Waals surface area (Å²) in [7, 11) is 0. The van der Waals surface area contributed by atoms with Crippen molar-refractivity contribution in [2.45, 2.75) is 19.7 Å². The van der Waals surface area contributed by atoms with Crippen molar-refractivity contribution in [1.82, 2.24) is 15.1 Å². The van der Waals surface area contributed by atoms with Gasteiger partial charge in [-0.25, -0.2) is 8.78 Å². The molecule has 4 rings (SSSR count). The van der Waals surface area contributed by atoms with Crippen molar-refractivity contribution in [2.24, 2.45) is 0 Å². The maximum atomic E-state index is 13.2. The van der Waals surface area contributed by atoms with Crippen LogP contribution in [0.4, 0.5) is 8.78 Å². The number of amides is 1. The maximum Gasteiger partial charge on any atom is 0.258 e. The molecule has 2 heterocycles. The minimum atomic E-state index is -0.379. The molecule has 0 fully saturated rings. The van der Waals surface area contributed by atoms with Gasteiger partial charge in [-0.2, -0.15) is 0 Å². The van der Waals surface area contributed by atoms with Crippen LogP contribution in [0.5, 0.6) is 5.88 Å². The molecular weight excluding hydrogens is 404 g/mol. The highest BCUT2D eigenvalue weighted by molar-refractivity contribution is 5.96. The number of furan rings is 1. The third kappa shape index (κ3) is 5.36. The van der Waals surface area contributed by atoms with Gasteiger partial charge < -0.3 is 14.5 Å². The number of rotatable bonds is 8. The largest absolute Gasteiger partial charge is 0.471 e. The fourth-order valence-electron chi connectivity index (χ4n) is 2.93. The summed E-state index contributed by atoms with van der Waals surface area (Å²) in [6, 6.07) is 15.4. The van der Waals surface area contributed by atoms with Crippen LogP contribution in [0.25, 0.3) is 0 Å². The first-order chi connectivity index (χ1) is 15.1. The van der Waals surface area contributed by atoms with E-state index in [2.05, 4.69) is 10.4 Å². The molecule has 0 spiro atoms. The van der Waals surface area contributed by atoms with Gasteiger partial charge in [0.15, 0.2) is 0 Å². The Morgan fingerprint density at radius 1 is 1.00 bits per heavy atom. The summed E-state index contributed by atoms with van der Waals surface area (Å²) in [6.45, 7) is 0.664. The number of nitrogens with one attached hydrogen (secondary N) is 1. The van der Waals surface area contributed by atoms with E-state index in [9.17, 15) is 13.6 Å². The molecule has 6 nitrogen and oxygen atoms in total. The molecule has 2 aromatic heterocycles. The number of aromatic nitrogens is 2. The van der Waals surface area contributed by atoms with Crippen LogP contribution in [-0.4, -0.2) is 15.7 Å². The van der Waals surface area contributed by atoms with Crippen molar-refractivity contribution in [2.75, 3.05) is 0 Å². The Balaban J connectivity index is 1.52. The molecule has 0 saturated heterocycles. The SMILES string of the molecule is O=C(NCc1ccco1)c1cn(Cc2ccc(F)cc2)nc1OCc1ccc(F)cc1. The van der Waals surface area contributed by atoms with Crippen molar-refractivity contribution < 1.29 is 22.7 Å². The van der Waals surface area contributed by atoms with Crippen molar-refractivity contribution in [3.63, 3.8) is 0 Å². The summed E-state index contributed by atoms with van der Waals surface area (Å²) in [5, 5.41) is 7.14. The second-order valence-electron chi connectivity index (χ2n) is 6.85. The first-order valence-corrected chi connectivity index (χ1v) is 9.56. The predicted octanol–water partition coefficient (Wildman–Crippen LogP) is 4.31. The summed E-state index contributed by atoms with van der Waals surface area (Å²) in [6.07, 6.45) is 3.10. The number of nitrogens with zero attached hydrogens (tertiary/aromatic N) is 2. The molecule has 0 bridgehead atoms. The monoisotopic (exact) mass is 423 g/mol. The lowest BCUT2D eigenvalue weighted by atomic mass is 10.2. The van der Waals surface area contributed by atoms with Crippen molar-refractivity contribution in [3.8, 4) is 5.88 Å². The molecule has 0 unspecified atom stereocenters. The van der Waals surface area contributed by atoms with Crippen molar-refractivity contribution in [1.29, 1.82) is 0 Å². The van der Waals surface area contributed by atoms with Gasteiger partial charge >= 0.3 is 0 Å². The van der Waals surface area contributed by atoms with E-state index in [-0.39, 0.29) is 42.1 Å². The van der Waals surface area contributed by atoms with Gasteiger partial charge in [-0.1, -0.05) is 24.3 Å². The molecule has 0 atom stereocenters. The zero-order chi connectivity index (χ0) is 21.6. The molecule has 0 aliphatic rings. The number of halogens is 2. The molecule has 31 heavy (non-hydrogen) atoms. The first kappa shape index (κ1) is 20.3. The van der Waals surface area contributed by atoms with E-state index in [4.69, 9.17) is 9.15 Å². The first-order valence-electron chi connectivity index (χ1n) is 9.56. The lowest BCUT2D eigenvalue weighted by Crippen LogP contribution is -2.22. The number of ether oxygens (including phenoxy) is 1. The van der Waals surface area contributed by atoms with Crippen LogP contribution < -0.4 is 10.1 Å². The number of carbonyl (C=O) groups is 1. The molecule has 0 saturated carbocycles. The topological polar surface area (TPSA) is 69.3 Å². The smallest absolute Gasteiger partial charge is 0.258 e. The maximum absolute atomic E-state index is 13.2. The van der Waals surface area contributed by atoms with Gasteiger partial charge in [0.2, 0.25) is 5.88 Å². The number of hydrogen-bond donors (Lipinski definition) is 1. The van der Waals surface area contributed by atoms with Crippen molar-refractivity contribution in [3.05, 3.63) is 107 Å². The summed E-state index contributed by atoms with van der Waals surface area (Å²) in [5.41, 5.74) is 1.80. The predicted molar refractivity (Wildman–Crippen MR) is 108 cm³/mol. The van der Waals surface area contributed by atoms with Crippen LogP contribution in [0.15, 0.2) is 77.5 Å². The molecule has 1 N–H and O–H groups in total. The standard InChI is InChI=1S/C23H19F2N3O3/c24-18-7-3-16(4-8-18)13-28-14-21(22(29)26-12-20-2-1-11-30-20)23(27-28)31-15-17-5-9-19(25)10-6-17/h1-11,14H,12-13,15H2,(H,26,29). The lowest BCUT2D eigenvalue weighted by Gasteiger charge is -2.06. The molecule has 8 heteroatoms. The Labute approximate surface area is 177 Å². The molecular formula is C23H19F2N3O3. The molecule has 0 aliphatic carbocycles. The second kappa shape index (κ2) is 9.25. The van der Waals surface area contributed by atoms with E-state index in [0.29, 0.717) is 12.3 Å². The third-order valence-electron chi connectivity index (χ3n) is 4.52. The Morgan fingerprint density at radius 2 is 1.68 bits per heavy atom. The summed E-state index contributed by atoms with van der Waals surface area (Å²) in [4.78, 5) is 12.7. The van der Waals surface area contributed by atoms with Gasteiger partial charge in [-0.05, 0) is 47.5 Å². The van der Waals surface area contributed by atoms with Crippen LogP contribution in [0.1, 0.15) is 27.2 Å². The average molecular weight is 423 g/mol. The summed E-state index contributed by atoms with van der Waals surface area (Å²) >= 11 is 0. The molecule has 0 radical (unpaired) electrons. The minimum absolute atomic E-state index is 0.117. The average Bonchev–Trinajstić information content (AvgIpc) is 3.43. The lowest BCUT2D eigenvalue weighted by molar-refractivity contribution is 0.0943. The van der Waals surface area contributed by atoms with E-state index in [0.717, 1.165) is 11.1 Å². The van der Waals surface area contributed by atoms with Crippen LogP contribution >= 0.6 is 0 Å². The Hall–Kier alpha value is -3.94. The van der Waals surface area contributed by atoms with E-state index in [1.54, 1.807) is 47.3 Å². The molecule has 0 aliphatic heterocycles. The van der Waals surface area contributed by atoms with E-state index >= 15 is 0 Å². The van der Waals surface area contributed by atoms with Gasteiger partial charge in [-0.15, -0.1) is 5.10 Å². The normalized spacial score (nSPS) is 10.8. The highest BCUT2D eigenvalue weighted by atomic mass is 19.1. The number of carbonyl (C=O) groups excluding carboxylic acids is 1. The van der Waals surface area contributed by atoms with Crippen LogP contribution in [0.2, 0.25) is 0 Å². The van der Waals surface area contributed by atoms with Crippen LogP contribution in [0, 0.1) is 11.6 Å². The third-order valence-corrected chi connectivity index (χ3v) is 4.52. The Bertz CT molecular complexity index is 1140. The van der Waals surface area contributed by atoms with Gasteiger partial charge in [-0.3, -0.25) is 9.48 Å². The molecule has 1 amide bonds. The summed E-state index contributed by atoms with van der Waals surface area (Å²) in [5.74, 6) is -0.295. The number of hydrogen-bond acceptors (Lipinski definition) is 4. The zero-order valence-electron chi connectivity index (χ0n) is 16.4. The fraction of sp³-hybridized carbons (Fsp3) is 0.130. The van der Waals surface area contributed by atoms with Crippen molar-refractivity contribution >= 4 is 5.91 Å². The summed E-state index contributed by atoms with van der Waals surface area (Å²) < 4.78 is 38.8.